The van der Waals surface area contributed by atoms with Crippen LogP contribution in [0.1, 0.15) is 44.1 Å². The quantitative estimate of drug-likeness (QED) is 0.214. The number of carbonyl (C=O) groups excluding carboxylic acids is 1. The number of amides is 1. The zero-order valence-electron chi connectivity index (χ0n) is 22.4. The Balaban J connectivity index is 0.00000506. The van der Waals surface area contributed by atoms with Crippen LogP contribution in [0.5, 0.6) is 0 Å². The van der Waals surface area contributed by atoms with E-state index in [4.69, 9.17) is 4.74 Å². The van der Waals surface area contributed by atoms with Crippen molar-refractivity contribution in [1.82, 2.24) is 5.32 Å². The van der Waals surface area contributed by atoms with Crippen molar-refractivity contribution in [2.45, 2.75) is 31.4 Å². The largest absolute Gasteiger partial charge is 1.00 e. The molecule has 0 aliphatic heterocycles. The van der Waals surface area contributed by atoms with E-state index in [1.165, 1.54) is 24.3 Å². The lowest BCUT2D eigenvalue weighted by molar-refractivity contribution is -0.688. The van der Waals surface area contributed by atoms with Gasteiger partial charge in [0.1, 0.15) is 5.82 Å². The van der Waals surface area contributed by atoms with Gasteiger partial charge < -0.3 is 22.5 Å². The summed E-state index contributed by atoms with van der Waals surface area (Å²) in [5, 5.41) is 2.77. The Bertz CT molecular complexity index is 1450. The van der Waals surface area contributed by atoms with Crippen molar-refractivity contribution < 1.29 is 57.2 Å². The third-order valence-electron chi connectivity index (χ3n) is 6.45. The van der Waals surface area contributed by atoms with E-state index in [-0.39, 0.29) is 37.2 Å². The summed E-state index contributed by atoms with van der Waals surface area (Å²) < 4.78 is 100. The minimum absolute atomic E-state index is 0. The second kappa shape index (κ2) is 14.5. The molecule has 0 aliphatic carbocycles. The molecule has 4 aromatic rings. The zero-order chi connectivity index (χ0) is 30.3. The van der Waals surface area contributed by atoms with Gasteiger partial charge in [-0.15, -0.1) is 0 Å². The molecule has 1 amide bonds. The van der Waals surface area contributed by atoms with Crippen LogP contribution in [0.15, 0.2) is 97.3 Å². The van der Waals surface area contributed by atoms with Crippen LogP contribution in [0.4, 0.5) is 30.7 Å². The third-order valence-corrected chi connectivity index (χ3v) is 6.45. The molecule has 0 saturated carbocycles. The normalized spacial score (nSPS) is 12.3. The van der Waals surface area contributed by atoms with Crippen molar-refractivity contribution in [3.05, 3.63) is 137 Å². The van der Waals surface area contributed by atoms with Gasteiger partial charge in [-0.05, 0) is 41.5 Å². The number of hydrogen-bond acceptors (Lipinski definition) is 2. The first-order valence-corrected chi connectivity index (χ1v) is 12.8. The second-order valence-electron chi connectivity index (χ2n) is 9.63. The number of nitrogens with zero attached hydrogens (tertiary/aromatic N) is 1. The third kappa shape index (κ3) is 9.79. The minimum Gasteiger partial charge on any atom is -1.00 e. The summed E-state index contributed by atoms with van der Waals surface area (Å²) in [5.41, 5.74) is -1.17. The van der Waals surface area contributed by atoms with E-state index < -0.39 is 47.7 Å². The molecule has 0 bridgehead atoms. The minimum atomic E-state index is -4.98. The number of aromatic nitrogens is 1. The lowest BCUT2D eigenvalue weighted by atomic mass is 9.99. The van der Waals surface area contributed by atoms with Crippen LogP contribution in [0.25, 0.3) is 0 Å². The van der Waals surface area contributed by atoms with E-state index in [2.05, 4.69) is 5.32 Å². The zero-order valence-corrected chi connectivity index (χ0v) is 23.2. The maximum Gasteiger partial charge on any atom is 0.416 e. The molecule has 0 saturated heterocycles. The fraction of sp³-hybridized carbons (Fsp3) is 0.226. The molecular formula is C31H26ClF7N2O2. The van der Waals surface area contributed by atoms with Crippen molar-refractivity contribution in [2.75, 3.05) is 13.2 Å². The predicted octanol–water partition coefficient (Wildman–Crippen LogP) is 3.93. The highest BCUT2D eigenvalue weighted by atomic mass is 35.5. The predicted molar refractivity (Wildman–Crippen MR) is 140 cm³/mol. The van der Waals surface area contributed by atoms with Crippen molar-refractivity contribution in [3.8, 4) is 0 Å². The van der Waals surface area contributed by atoms with Crippen LogP contribution in [-0.2, 0) is 30.2 Å². The molecule has 0 spiro atoms. The highest BCUT2D eigenvalue weighted by molar-refractivity contribution is 5.93. The van der Waals surface area contributed by atoms with Crippen LogP contribution in [0.3, 0.4) is 0 Å². The molecule has 1 heterocycles. The van der Waals surface area contributed by atoms with E-state index in [9.17, 15) is 35.5 Å². The van der Waals surface area contributed by atoms with Gasteiger partial charge in [-0.25, -0.2) is 8.96 Å². The molecule has 1 atom stereocenters. The number of ether oxygens (including phenoxy) is 1. The summed E-state index contributed by atoms with van der Waals surface area (Å²) in [6.45, 7) is -0.0864. The van der Waals surface area contributed by atoms with Crippen molar-refractivity contribution in [1.29, 1.82) is 0 Å². The van der Waals surface area contributed by atoms with Crippen molar-refractivity contribution in [2.24, 2.45) is 0 Å². The summed E-state index contributed by atoms with van der Waals surface area (Å²) in [4.78, 5) is 12.8. The fourth-order valence-corrected chi connectivity index (χ4v) is 4.26. The molecular weight excluding hydrogens is 601 g/mol. The number of alkyl halides is 6. The van der Waals surface area contributed by atoms with E-state index >= 15 is 0 Å². The molecule has 3 aromatic carbocycles. The molecule has 4 nitrogen and oxygen atoms in total. The monoisotopic (exact) mass is 626 g/mol. The SMILES string of the molecule is O=C(NCC(COCc1cc(C(F)(F)F)cc(C(F)(F)F)c1)c1ccc(F)cc1)c1cc[n+](Cc2ccccc2)cc1.[Cl-]. The lowest BCUT2D eigenvalue weighted by Gasteiger charge is -2.19. The number of benzene rings is 3. The van der Waals surface area contributed by atoms with Crippen LogP contribution >= 0.6 is 0 Å². The molecule has 4 rings (SSSR count). The van der Waals surface area contributed by atoms with Crippen LogP contribution in [0, 0.1) is 5.82 Å². The fourth-order valence-electron chi connectivity index (χ4n) is 4.26. The Morgan fingerprint density at radius 3 is 1.93 bits per heavy atom. The lowest BCUT2D eigenvalue weighted by Crippen LogP contribution is -3.00. The molecule has 12 heteroatoms. The first-order chi connectivity index (χ1) is 19.9. The highest BCUT2D eigenvalue weighted by Crippen LogP contribution is 2.36. The second-order valence-corrected chi connectivity index (χ2v) is 9.63. The highest BCUT2D eigenvalue weighted by Gasteiger charge is 2.36. The van der Waals surface area contributed by atoms with Gasteiger partial charge in [0.15, 0.2) is 18.9 Å². The maximum atomic E-state index is 13.5. The smallest absolute Gasteiger partial charge is 0.416 e. The van der Waals surface area contributed by atoms with Gasteiger partial charge in [0, 0.05) is 30.2 Å². The van der Waals surface area contributed by atoms with Gasteiger partial charge in [0.2, 0.25) is 0 Å². The molecule has 1 aromatic heterocycles. The topological polar surface area (TPSA) is 42.2 Å². The van der Waals surface area contributed by atoms with Crippen molar-refractivity contribution in [3.63, 3.8) is 0 Å². The average molecular weight is 627 g/mol. The van der Waals surface area contributed by atoms with E-state index in [0.29, 0.717) is 29.8 Å². The molecule has 0 radical (unpaired) electrons. The molecule has 0 fully saturated rings. The first kappa shape index (κ1) is 33.5. The molecule has 1 N–H and O–H groups in total. The summed E-state index contributed by atoms with van der Waals surface area (Å²) in [7, 11) is 0. The van der Waals surface area contributed by atoms with Gasteiger partial charge in [0.05, 0.1) is 29.9 Å². The number of nitrogens with one attached hydrogen (secondary N) is 1. The Hall–Kier alpha value is -3.96. The standard InChI is InChI=1S/C31H25F7N2O2.ClH/c32-28-8-6-23(7-9-28)25(20-42-19-22-14-26(30(33,34)35)16-27(15-22)31(36,37)38)17-39-29(41)24-10-12-40(13-11-24)18-21-4-2-1-3-5-21;/h1-16,25H,17-20H2;1H. The van der Waals surface area contributed by atoms with Gasteiger partial charge in [-0.3, -0.25) is 4.79 Å². The number of halogens is 8. The van der Waals surface area contributed by atoms with Crippen molar-refractivity contribution >= 4 is 5.91 Å². The first-order valence-electron chi connectivity index (χ1n) is 12.8. The maximum absolute atomic E-state index is 13.5. The Kier molecular flexibility index (Phi) is 11.3. The summed E-state index contributed by atoms with van der Waals surface area (Å²) in [6, 6.07) is 19.6. The summed E-state index contributed by atoms with van der Waals surface area (Å²) in [6.07, 6.45) is -6.44. The molecule has 1 unspecified atom stereocenters. The van der Waals surface area contributed by atoms with Crippen LogP contribution < -0.4 is 22.3 Å². The van der Waals surface area contributed by atoms with E-state index in [0.717, 1.165) is 5.56 Å². The van der Waals surface area contributed by atoms with Gasteiger partial charge >= 0.3 is 12.4 Å². The van der Waals surface area contributed by atoms with E-state index in [1.54, 1.807) is 24.5 Å². The summed E-state index contributed by atoms with van der Waals surface area (Å²) >= 11 is 0. The Morgan fingerprint density at radius 1 is 0.791 bits per heavy atom. The summed E-state index contributed by atoms with van der Waals surface area (Å²) in [5.74, 6) is -1.48. The Morgan fingerprint density at radius 2 is 1.37 bits per heavy atom. The van der Waals surface area contributed by atoms with Gasteiger partial charge in [-0.1, -0.05) is 42.5 Å². The van der Waals surface area contributed by atoms with Gasteiger partial charge in [-0.2, -0.15) is 26.3 Å². The Labute approximate surface area is 249 Å². The molecule has 0 aliphatic rings. The number of carbonyl (C=O) groups is 1. The molecule has 43 heavy (non-hydrogen) atoms. The van der Waals surface area contributed by atoms with Crippen LogP contribution in [0.2, 0.25) is 0 Å². The van der Waals surface area contributed by atoms with E-state index in [1.807, 2.05) is 34.9 Å². The van der Waals surface area contributed by atoms with Crippen LogP contribution in [-0.4, -0.2) is 19.1 Å². The number of hydrogen-bond donors (Lipinski definition) is 1. The molecule has 228 valence electrons. The number of rotatable bonds is 10. The number of pyridine rings is 1. The van der Waals surface area contributed by atoms with Gasteiger partial charge in [0.25, 0.3) is 5.91 Å². The average Bonchev–Trinajstić information content (AvgIpc) is 2.95.